The van der Waals surface area contributed by atoms with Crippen LogP contribution >= 0.6 is 0 Å². The molecule has 78 valence electrons. The van der Waals surface area contributed by atoms with Crippen LogP contribution < -0.4 is 5.73 Å². The Morgan fingerprint density at radius 2 is 2.50 bits per heavy atom. The first-order chi connectivity index (χ1) is 6.85. The zero-order chi connectivity index (χ0) is 9.97. The fraction of sp³-hybridized carbons (Fsp3) is 0.700. The molecule has 1 aromatic rings. The van der Waals surface area contributed by atoms with Crippen LogP contribution in [-0.2, 0) is 11.3 Å². The van der Waals surface area contributed by atoms with Crippen molar-refractivity contribution in [3.63, 3.8) is 0 Å². The molecule has 0 radical (unpaired) electrons. The van der Waals surface area contributed by atoms with Crippen molar-refractivity contribution in [1.82, 2.24) is 9.55 Å². The van der Waals surface area contributed by atoms with E-state index in [0.717, 1.165) is 18.5 Å². The standard InChI is InChI=1S/C10H17N3O/c1-14-10-3-2-8(4-10)13-7-12-6-9(13)5-11/h6-8,10H,2-5,11H2,1H3. The minimum atomic E-state index is 0.410. The first-order valence-corrected chi connectivity index (χ1v) is 5.08. The zero-order valence-corrected chi connectivity index (χ0v) is 8.52. The van der Waals surface area contributed by atoms with Gasteiger partial charge in [-0.1, -0.05) is 0 Å². The summed E-state index contributed by atoms with van der Waals surface area (Å²) in [7, 11) is 1.78. The van der Waals surface area contributed by atoms with Gasteiger partial charge in [0.15, 0.2) is 0 Å². The summed E-state index contributed by atoms with van der Waals surface area (Å²) in [6, 6.07) is 0.529. The Morgan fingerprint density at radius 1 is 1.64 bits per heavy atom. The third kappa shape index (κ3) is 1.67. The van der Waals surface area contributed by atoms with Gasteiger partial charge in [0.1, 0.15) is 0 Å². The van der Waals surface area contributed by atoms with Gasteiger partial charge in [-0.2, -0.15) is 0 Å². The van der Waals surface area contributed by atoms with Crippen LogP contribution in [0.3, 0.4) is 0 Å². The van der Waals surface area contributed by atoms with Crippen LogP contribution in [-0.4, -0.2) is 22.8 Å². The van der Waals surface area contributed by atoms with Crippen LogP contribution in [0, 0.1) is 0 Å². The van der Waals surface area contributed by atoms with Gasteiger partial charge in [-0.15, -0.1) is 0 Å². The van der Waals surface area contributed by atoms with Gasteiger partial charge in [-0.3, -0.25) is 0 Å². The van der Waals surface area contributed by atoms with Gasteiger partial charge >= 0.3 is 0 Å². The maximum Gasteiger partial charge on any atom is 0.0951 e. The maximum atomic E-state index is 5.64. The highest BCUT2D eigenvalue weighted by Crippen LogP contribution is 2.32. The topological polar surface area (TPSA) is 53.1 Å². The average Bonchev–Trinajstić information content (AvgIpc) is 2.85. The van der Waals surface area contributed by atoms with E-state index in [2.05, 4.69) is 9.55 Å². The van der Waals surface area contributed by atoms with Gasteiger partial charge in [0.2, 0.25) is 0 Å². The van der Waals surface area contributed by atoms with E-state index in [0.29, 0.717) is 18.7 Å². The molecule has 0 aromatic carbocycles. The first kappa shape index (κ1) is 9.68. The number of hydrogen-bond acceptors (Lipinski definition) is 3. The molecule has 0 bridgehead atoms. The van der Waals surface area contributed by atoms with Crippen molar-refractivity contribution in [2.75, 3.05) is 7.11 Å². The smallest absolute Gasteiger partial charge is 0.0951 e. The van der Waals surface area contributed by atoms with Crippen LogP contribution in [0.5, 0.6) is 0 Å². The molecule has 1 heterocycles. The van der Waals surface area contributed by atoms with Crippen molar-refractivity contribution in [2.24, 2.45) is 5.73 Å². The van der Waals surface area contributed by atoms with Gasteiger partial charge in [-0.05, 0) is 19.3 Å². The lowest BCUT2D eigenvalue weighted by atomic mass is 10.2. The summed E-state index contributed by atoms with van der Waals surface area (Å²) in [5, 5.41) is 0. The number of nitrogens with two attached hydrogens (primary N) is 1. The van der Waals surface area contributed by atoms with Crippen LogP contribution in [0.4, 0.5) is 0 Å². The molecule has 0 saturated heterocycles. The minimum absolute atomic E-state index is 0.410. The summed E-state index contributed by atoms with van der Waals surface area (Å²) in [6.07, 6.45) is 7.53. The number of ether oxygens (including phenoxy) is 1. The van der Waals surface area contributed by atoms with Crippen LogP contribution in [0.15, 0.2) is 12.5 Å². The Kier molecular flexibility index (Phi) is 2.84. The van der Waals surface area contributed by atoms with Crippen molar-refractivity contribution in [3.8, 4) is 0 Å². The number of rotatable bonds is 3. The second-order valence-corrected chi connectivity index (χ2v) is 3.82. The van der Waals surface area contributed by atoms with E-state index in [1.165, 1.54) is 6.42 Å². The van der Waals surface area contributed by atoms with E-state index in [9.17, 15) is 0 Å². The number of aromatic nitrogens is 2. The normalized spacial score (nSPS) is 27.0. The quantitative estimate of drug-likeness (QED) is 0.785. The van der Waals surface area contributed by atoms with Gasteiger partial charge in [0.05, 0.1) is 18.1 Å². The molecule has 4 heteroatoms. The van der Waals surface area contributed by atoms with Crippen LogP contribution in [0.2, 0.25) is 0 Å². The largest absolute Gasteiger partial charge is 0.381 e. The van der Waals surface area contributed by atoms with E-state index < -0.39 is 0 Å². The highest BCUT2D eigenvalue weighted by atomic mass is 16.5. The van der Waals surface area contributed by atoms with Crippen molar-refractivity contribution < 1.29 is 4.74 Å². The van der Waals surface area contributed by atoms with Crippen molar-refractivity contribution in [3.05, 3.63) is 18.2 Å². The molecule has 0 aliphatic heterocycles. The summed E-state index contributed by atoms with van der Waals surface area (Å²) in [6.45, 7) is 0.564. The van der Waals surface area contributed by atoms with Gasteiger partial charge < -0.3 is 15.0 Å². The second-order valence-electron chi connectivity index (χ2n) is 3.82. The molecule has 1 aliphatic rings. The number of imidazole rings is 1. The third-order valence-electron chi connectivity index (χ3n) is 3.04. The van der Waals surface area contributed by atoms with Gasteiger partial charge in [0.25, 0.3) is 0 Å². The molecular weight excluding hydrogens is 178 g/mol. The lowest BCUT2D eigenvalue weighted by Crippen LogP contribution is -2.12. The summed E-state index contributed by atoms with van der Waals surface area (Å²) < 4.78 is 7.54. The molecule has 1 aliphatic carbocycles. The second kappa shape index (κ2) is 4.11. The zero-order valence-electron chi connectivity index (χ0n) is 8.52. The Labute approximate surface area is 84.1 Å². The molecule has 2 atom stereocenters. The SMILES string of the molecule is COC1CCC(n2cncc2CN)C1. The highest BCUT2D eigenvalue weighted by molar-refractivity contribution is 5.01. The van der Waals surface area contributed by atoms with Crippen molar-refractivity contribution in [2.45, 2.75) is 38.0 Å². The van der Waals surface area contributed by atoms with E-state index in [1.807, 2.05) is 12.5 Å². The molecule has 1 aromatic heterocycles. The van der Waals surface area contributed by atoms with Gasteiger partial charge in [0, 0.05) is 25.9 Å². The first-order valence-electron chi connectivity index (χ1n) is 5.08. The monoisotopic (exact) mass is 195 g/mol. The molecule has 1 fully saturated rings. The fourth-order valence-corrected chi connectivity index (χ4v) is 2.20. The molecular formula is C10H17N3O. The molecule has 0 spiro atoms. The Balaban J connectivity index is 2.09. The molecule has 2 unspecified atom stereocenters. The Hall–Kier alpha value is -0.870. The average molecular weight is 195 g/mol. The van der Waals surface area contributed by atoms with E-state index in [4.69, 9.17) is 10.5 Å². The summed E-state index contributed by atoms with van der Waals surface area (Å²) in [5.41, 5.74) is 6.76. The molecule has 2 N–H and O–H groups in total. The minimum Gasteiger partial charge on any atom is -0.381 e. The van der Waals surface area contributed by atoms with E-state index in [-0.39, 0.29) is 0 Å². The number of nitrogens with zero attached hydrogens (tertiary/aromatic N) is 2. The lowest BCUT2D eigenvalue weighted by Gasteiger charge is -2.14. The summed E-state index contributed by atoms with van der Waals surface area (Å²) in [5.74, 6) is 0. The Bertz CT molecular complexity index is 297. The number of methoxy groups -OCH3 is 1. The van der Waals surface area contributed by atoms with Crippen LogP contribution in [0.1, 0.15) is 31.0 Å². The predicted molar refractivity (Wildman–Crippen MR) is 53.8 cm³/mol. The van der Waals surface area contributed by atoms with Crippen LogP contribution in [0.25, 0.3) is 0 Å². The van der Waals surface area contributed by atoms with Crippen molar-refractivity contribution >= 4 is 0 Å². The Morgan fingerprint density at radius 3 is 3.14 bits per heavy atom. The van der Waals surface area contributed by atoms with E-state index in [1.54, 1.807) is 7.11 Å². The van der Waals surface area contributed by atoms with E-state index >= 15 is 0 Å². The third-order valence-corrected chi connectivity index (χ3v) is 3.04. The fourth-order valence-electron chi connectivity index (χ4n) is 2.20. The lowest BCUT2D eigenvalue weighted by molar-refractivity contribution is 0.105. The number of hydrogen-bond donors (Lipinski definition) is 1. The molecule has 2 rings (SSSR count). The maximum absolute atomic E-state index is 5.64. The van der Waals surface area contributed by atoms with Crippen molar-refractivity contribution in [1.29, 1.82) is 0 Å². The molecule has 0 amide bonds. The molecule has 1 saturated carbocycles. The summed E-state index contributed by atoms with van der Waals surface area (Å²) in [4.78, 5) is 4.13. The summed E-state index contributed by atoms with van der Waals surface area (Å²) >= 11 is 0. The highest BCUT2D eigenvalue weighted by Gasteiger charge is 2.26. The van der Waals surface area contributed by atoms with Gasteiger partial charge in [-0.25, -0.2) is 4.98 Å². The molecule has 14 heavy (non-hydrogen) atoms. The predicted octanol–water partition coefficient (Wildman–Crippen LogP) is 1.08. The molecule has 4 nitrogen and oxygen atoms in total.